The number of rotatable bonds is 3. The molecule has 0 unspecified atom stereocenters. The van der Waals surface area contributed by atoms with Crippen LogP contribution in [0, 0.1) is 32.1 Å². The van der Waals surface area contributed by atoms with Crippen molar-refractivity contribution in [3.05, 3.63) is 123 Å². The van der Waals surface area contributed by atoms with Crippen molar-refractivity contribution in [2.45, 2.75) is 0 Å². The first kappa shape index (κ1) is 32.5. The van der Waals surface area contributed by atoms with Gasteiger partial charge in [-0.3, -0.25) is 14.7 Å². The van der Waals surface area contributed by atoms with Crippen LogP contribution in [0.5, 0.6) is 0 Å². The Morgan fingerprint density at radius 3 is 1.16 bits per heavy atom. The number of hydrogen-bond donors (Lipinski definition) is 0. The molecule has 3 aliphatic rings. The fourth-order valence-corrected chi connectivity index (χ4v) is 9.37. The number of fused-ring (bicyclic) bond motifs is 2. The van der Waals surface area contributed by atoms with Gasteiger partial charge < -0.3 is 12.4 Å². The van der Waals surface area contributed by atoms with Crippen LogP contribution in [0.4, 0.5) is 0 Å². The van der Waals surface area contributed by atoms with E-state index in [2.05, 4.69) is 120 Å². The first-order valence-corrected chi connectivity index (χ1v) is 15.4. The summed E-state index contributed by atoms with van der Waals surface area (Å²) >= 11 is 0. The number of halogens is 1. The minimum absolute atomic E-state index is 0. The fraction of sp³-hybridized carbons (Fsp3) is 0.233. The van der Waals surface area contributed by atoms with E-state index in [1.54, 1.807) is 0 Å². The van der Waals surface area contributed by atoms with Gasteiger partial charge in [0.1, 0.15) is 0 Å². The summed E-state index contributed by atoms with van der Waals surface area (Å²) in [4.78, 5) is 7.43. The molecule has 1 saturated carbocycles. The molecule has 2 saturated heterocycles. The van der Waals surface area contributed by atoms with Crippen LogP contribution in [0.3, 0.4) is 0 Å². The van der Waals surface area contributed by atoms with Gasteiger partial charge in [0.05, 0.1) is 13.3 Å². The van der Waals surface area contributed by atoms with E-state index in [9.17, 15) is 0 Å². The van der Waals surface area contributed by atoms with Crippen molar-refractivity contribution in [2.24, 2.45) is 0 Å². The van der Waals surface area contributed by atoms with E-state index in [-0.39, 0.29) is 39.8 Å². The zero-order valence-electron chi connectivity index (χ0n) is 21.6. The summed E-state index contributed by atoms with van der Waals surface area (Å²) in [5.41, 5.74) is 0. The Morgan fingerprint density at radius 1 is 0.541 bits per heavy atom. The van der Waals surface area contributed by atoms with Crippen molar-refractivity contribution >= 4 is 31.8 Å². The third kappa shape index (κ3) is 10.8. The van der Waals surface area contributed by atoms with Crippen LogP contribution < -0.4 is 28.3 Å². The molecule has 5 radical (unpaired) electrons. The Bertz CT molecular complexity index is 845. The Balaban J connectivity index is 0.000000226. The van der Waals surface area contributed by atoms with E-state index in [1.165, 1.54) is 48.1 Å². The monoisotopic (exact) mass is 637 g/mol. The molecule has 1 aliphatic carbocycles. The minimum Gasteiger partial charge on any atom is -1.00 e. The topological polar surface area (TPSA) is 9.72 Å². The van der Waals surface area contributed by atoms with E-state index < -0.39 is 7.92 Å². The van der Waals surface area contributed by atoms with E-state index in [1.807, 2.05) is 32.1 Å². The van der Waals surface area contributed by atoms with Gasteiger partial charge in [-0.05, 0) is 70.0 Å². The quantitative estimate of drug-likeness (QED) is 0.322. The van der Waals surface area contributed by atoms with Gasteiger partial charge in [-0.25, -0.2) is 0 Å². The van der Waals surface area contributed by atoms with Crippen molar-refractivity contribution in [3.8, 4) is 0 Å². The average molecular weight is 637 g/mol. The Hall–Kier alpha value is -0.687. The van der Waals surface area contributed by atoms with Gasteiger partial charge >= 0.3 is 19.5 Å². The molecule has 6 rings (SSSR count). The molecule has 0 atom stereocenters. The van der Waals surface area contributed by atoms with Crippen LogP contribution in [0.2, 0.25) is 0 Å². The van der Waals surface area contributed by atoms with E-state index >= 15 is 0 Å². The van der Waals surface area contributed by atoms with Crippen LogP contribution in [-0.2, 0) is 19.5 Å². The van der Waals surface area contributed by atoms with Crippen molar-refractivity contribution < 1.29 is 31.9 Å². The molecule has 0 aromatic heterocycles. The molecule has 0 spiro atoms. The molecule has 7 heteroatoms. The Morgan fingerprint density at radius 2 is 0.865 bits per heavy atom. The van der Waals surface area contributed by atoms with Gasteiger partial charge in [0, 0.05) is 18.9 Å². The Labute approximate surface area is 246 Å². The molecule has 0 amide bonds. The molecule has 3 aromatic carbocycles. The fourth-order valence-electron chi connectivity index (χ4n) is 4.51. The Kier molecular flexibility index (Phi) is 15.7. The van der Waals surface area contributed by atoms with E-state index in [0.29, 0.717) is 0 Å². The molecule has 3 nitrogen and oxygen atoms in total. The number of nitrogens with zero attached hydrogens (tertiary/aromatic N) is 3. The molecule has 3 aromatic rings. The van der Waals surface area contributed by atoms with E-state index in [0.717, 1.165) is 0 Å². The summed E-state index contributed by atoms with van der Waals surface area (Å²) in [5.74, 6) is 0. The molecular weight excluding hydrogens is 601 g/mol. The van der Waals surface area contributed by atoms with Crippen LogP contribution in [-0.4, -0.2) is 61.0 Å². The summed E-state index contributed by atoms with van der Waals surface area (Å²) < 4.78 is 0. The zero-order valence-corrected chi connectivity index (χ0v) is 25.8. The van der Waals surface area contributed by atoms with Gasteiger partial charge in [0.15, 0.2) is 0 Å². The van der Waals surface area contributed by atoms with Crippen molar-refractivity contribution in [1.82, 2.24) is 14.7 Å². The van der Waals surface area contributed by atoms with Crippen LogP contribution in [0.15, 0.2) is 91.0 Å². The summed E-state index contributed by atoms with van der Waals surface area (Å²) in [6.45, 7) is 2.34. The first-order valence-electron chi connectivity index (χ1n) is 12.1. The maximum Gasteiger partial charge on any atom is 2.00 e. The zero-order chi connectivity index (χ0) is 24.3. The molecule has 2 heterocycles. The van der Waals surface area contributed by atoms with Gasteiger partial charge in [0.2, 0.25) is 0 Å². The van der Waals surface area contributed by atoms with Gasteiger partial charge in [-0.15, -0.1) is 0 Å². The third-order valence-electron chi connectivity index (χ3n) is 5.76. The molecule has 195 valence electrons. The number of benzene rings is 3. The molecule has 0 N–H and O–H groups in total. The second-order valence-corrected chi connectivity index (χ2v) is 13.5. The predicted octanol–water partition coefficient (Wildman–Crippen LogP) is 1.92. The average Bonchev–Trinajstić information content (AvgIpc) is 3.46. The van der Waals surface area contributed by atoms with Crippen molar-refractivity contribution in [2.75, 3.05) is 46.3 Å². The number of hydrogen-bond acceptors (Lipinski definition) is 3. The van der Waals surface area contributed by atoms with Gasteiger partial charge in [0.25, 0.3) is 0 Å². The van der Waals surface area contributed by atoms with Crippen LogP contribution in [0.1, 0.15) is 0 Å². The maximum atomic E-state index is 2.54. The standard InChI is InChI=1S/C18H15P.C7H16N3P.C5H5.ClH.Ru/c1-4-10-16(11-5-1)19(17-12-6-2-7-13-17)18-14-8-3-9-15-18;1-8-3-10-4-9(2)6-11(5-8)7-10;1-2-4-5-3-1;;/h1-15H;3-7H2,1-2H3;1-5H;1H;/q;;;;+2/p-1. The van der Waals surface area contributed by atoms with E-state index in [4.69, 9.17) is 0 Å². The van der Waals surface area contributed by atoms with Crippen LogP contribution in [0.25, 0.3) is 0 Å². The van der Waals surface area contributed by atoms with Gasteiger partial charge in [-0.2, -0.15) is 0 Å². The smallest absolute Gasteiger partial charge is 1.00 e. The van der Waals surface area contributed by atoms with Crippen LogP contribution >= 0.6 is 15.8 Å². The van der Waals surface area contributed by atoms with Crippen molar-refractivity contribution in [1.29, 1.82) is 0 Å². The first-order chi connectivity index (χ1) is 17.2. The maximum absolute atomic E-state index is 2.54. The summed E-state index contributed by atoms with van der Waals surface area (Å²) in [7, 11) is 4.29. The molecule has 3 fully saturated rings. The van der Waals surface area contributed by atoms with Crippen molar-refractivity contribution in [3.63, 3.8) is 0 Å². The molecular formula is C30H36ClN3P2Ru+. The summed E-state index contributed by atoms with van der Waals surface area (Å²) in [6, 6.07) is 32.3. The summed E-state index contributed by atoms with van der Waals surface area (Å²) in [5, 5.41) is 4.19. The van der Waals surface area contributed by atoms with Gasteiger partial charge in [-0.1, -0.05) is 98.9 Å². The normalized spacial score (nSPS) is 20.8. The molecule has 2 bridgehead atoms. The minimum atomic E-state index is -0.446. The second kappa shape index (κ2) is 17.8. The third-order valence-corrected chi connectivity index (χ3v) is 10.8. The summed E-state index contributed by atoms with van der Waals surface area (Å²) in [6.07, 6.45) is 14.1. The predicted molar refractivity (Wildman–Crippen MR) is 155 cm³/mol. The second-order valence-electron chi connectivity index (χ2n) is 9.07. The SMILES string of the molecule is CN1CN2CN(C)CP(C1)C2.[CH]1[CH][CH][CH][CH]1.[Cl-].[Ru+2].c1ccc(P(c2ccccc2)c2ccccc2)cc1. The molecule has 2 aliphatic heterocycles. The largest absolute Gasteiger partial charge is 2.00 e. The molecule has 37 heavy (non-hydrogen) atoms.